The van der Waals surface area contributed by atoms with Crippen molar-refractivity contribution in [1.82, 2.24) is 4.57 Å². The largest absolute Gasteiger partial charge is 0.504 e. The summed E-state index contributed by atoms with van der Waals surface area (Å²) in [6.45, 7) is 5.21. The molecule has 0 saturated carbocycles. The molecule has 0 atom stereocenters. The van der Waals surface area contributed by atoms with Gasteiger partial charge in [-0.15, -0.1) is 0 Å². The van der Waals surface area contributed by atoms with Crippen molar-refractivity contribution >= 4 is 10.9 Å². The van der Waals surface area contributed by atoms with Crippen molar-refractivity contribution in [2.75, 3.05) is 0 Å². The molecule has 4 nitrogen and oxygen atoms in total. The second kappa shape index (κ2) is 6.34. The molecule has 0 amide bonds. The molecule has 23 heavy (non-hydrogen) atoms. The molecule has 0 saturated heterocycles. The maximum atomic E-state index is 9.84. The Balaban J connectivity index is 2.00. The molecule has 1 aromatic heterocycles. The van der Waals surface area contributed by atoms with Crippen molar-refractivity contribution in [3.8, 4) is 11.5 Å². The smallest absolute Gasteiger partial charge is 0.161 e. The van der Waals surface area contributed by atoms with Crippen molar-refractivity contribution in [1.29, 1.82) is 0 Å². The zero-order chi connectivity index (χ0) is 16.4. The number of phenols is 1. The van der Waals surface area contributed by atoms with Gasteiger partial charge in [0.05, 0.1) is 5.69 Å². The Labute approximate surface area is 136 Å². The average Bonchev–Trinajstić information content (AvgIpc) is 2.92. The van der Waals surface area contributed by atoms with E-state index in [0.717, 1.165) is 11.3 Å². The maximum absolute atomic E-state index is 9.84. The molecule has 3 N–H and O–H groups in total. The van der Waals surface area contributed by atoms with Crippen LogP contribution in [0.15, 0.2) is 48.5 Å². The summed E-state index contributed by atoms with van der Waals surface area (Å²) in [5.41, 5.74) is 9.23. The molecule has 0 spiro atoms. The third-order valence-electron chi connectivity index (χ3n) is 4.03. The van der Waals surface area contributed by atoms with E-state index in [-0.39, 0.29) is 5.75 Å². The van der Waals surface area contributed by atoms with Gasteiger partial charge in [0.2, 0.25) is 0 Å². The Bertz CT molecular complexity index is 821. The summed E-state index contributed by atoms with van der Waals surface area (Å²) >= 11 is 0. The number of hydrogen-bond donors (Lipinski definition) is 2. The molecule has 2 aromatic carbocycles. The summed E-state index contributed by atoms with van der Waals surface area (Å²) in [4.78, 5) is 0. The van der Waals surface area contributed by atoms with Crippen molar-refractivity contribution in [3.05, 3.63) is 59.8 Å². The molecule has 120 valence electrons. The number of aromatic hydroxyl groups is 1. The second-order valence-corrected chi connectivity index (χ2v) is 5.91. The molecular formula is C19H22N2O2. The van der Waals surface area contributed by atoms with E-state index in [1.54, 1.807) is 18.2 Å². The first-order valence-electron chi connectivity index (χ1n) is 7.84. The topological polar surface area (TPSA) is 60.4 Å². The lowest BCUT2D eigenvalue weighted by Gasteiger charge is -2.15. The Morgan fingerprint density at radius 1 is 1.13 bits per heavy atom. The van der Waals surface area contributed by atoms with Crippen LogP contribution in [0.25, 0.3) is 10.9 Å². The van der Waals surface area contributed by atoms with Crippen molar-refractivity contribution in [3.63, 3.8) is 0 Å². The van der Waals surface area contributed by atoms with Crippen LogP contribution in [0.5, 0.6) is 11.5 Å². The molecule has 0 aliphatic rings. The quantitative estimate of drug-likeness (QED) is 0.749. The number of nitrogens with zero attached hydrogens (tertiary/aromatic N) is 1. The van der Waals surface area contributed by atoms with Crippen LogP contribution in [-0.4, -0.2) is 9.67 Å². The number of nitrogens with two attached hydrogens (primary N) is 1. The molecule has 3 aromatic rings. The van der Waals surface area contributed by atoms with Gasteiger partial charge < -0.3 is 20.1 Å². The number of para-hydroxylation sites is 2. The Hall–Kier alpha value is -2.46. The number of ether oxygens (including phenoxy) is 1. The van der Waals surface area contributed by atoms with E-state index in [0.29, 0.717) is 24.9 Å². The fourth-order valence-electron chi connectivity index (χ4n) is 3.00. The second-order valence-electron chi connectivity index (χ2n) is 5.91. The Morgan fingerprint density at radius 3 is 2.61 bits per heavy atom. The standard InChI is InChI=1S/C19H22N2O2/c1-13(2)21-15(12-23-19-9-4-3-8-18(19)22)10-16-14(11-20)6-5-7-17(16)21/h3-10,13,22H,11-12,20H2,1-2H3. The first-order chi connectivity index (χ1) is 11.1. The predicted molar refractivity (Wildman–Crippen MR) is 92.7 cm³/mol. The van der Waals surface area contributed by atoms with Crippen LogP contribution in [0.2, 0.25) is 0 Å². The van der Waals surface area contributed by atoms with Gasteiger partial charge in [-0.25, -0.2) is 0 Å². The minimum absolute atomic E-state index is 0.155. The SMILES string of the molecule is CC(C)n1c(COc2ccccc2O)cc2c(CN)cccc21. The summed E-state index contributed by atoms with van der Waals surface area (Å²) in [5, 5.41) is 11.0. The third-order valence-corrected chi connectivity index (χ3v) is 4.03. The van der Waals surface area contributed by atoms with E-state index in [1.165, 1.54) is 10.9 Å². The Kier molecular flexibility index (Phi) is 4.26. The van der Waals surface area contributed by atoms with Gasteiger partial charge in [-0.05, 0) is 43.7 Å². The molecule has 4 heteroatoms. The summed E-state index contributed by atoms with van der Waals surface area (Å²) in [5.74, 6) is 0.648. The number of aromatic nitrogens is 1. The van der Waals surface area contributed by atoms with Gasteiger partial charge in [0.1, 0.15) is 6.61 Å². The van der Waals surface area contributed by atoms with Crippen LogP contribution in [-0.2, 0) is 13.2 Å². The minimum atomic E-state index is 0.155. The lowest BCUT2D eigenvalue weighted by molar-refractivity contribution is 0.278. The van der Waals surface area contributed by atoms with E-state index < -0.39 is 0 Å². The van der Waals surface area contributed by atoms with Gasteiger partial charge in [-0.3, -0.25) is 0 Å². The third kappa shape index (κ3) is 2.90. The zero-order valence-corrected chi connectivity index (χ0v) is 13.5. The minimum Gasteiger partial charge on any atom is -0.504 e. The Morgan fingerprint density at radius 2 is 1.91 bits per heavy atom. The number of phenolic OH excluding ortho intramolecular Hbond substituents is 1. The van der Waals surface area contributed by atoms with Crippen LogP contribution in [0.3, 0.4) is 0 Å². The highest BCUT2D eigenvalue weighted by atomic mass is 16.5. The van der Waals surface area contributed by atoms with E-state index >= 15 is 0 Å². The zero-order valence-electron chi connectivity index (χ0n) is 13.5. The van der Waals surface area contributed by atoms with Crippen molar-refractivity contribution < 1.29 is 9.84 Å². The number of fused-ring (bicyclic) bond motifs is 1. The molecule has 0 fully saturated rings. The van der Waals surface area contributed by atoms with E-state index in [1.807, 2.05) is 12.1 Å². The predicted octanol–water partition coefficient (Wildman–Crippen LogP) is 3.97. The normalized spacial score (nSPS) is 11.3. The van der Waals surface area contributed by atoms with Crippen LogP contribution < -0.4 is 10.5 Å². The van der Waals surface area contributed by atoms with Gasteiger partial charge in [-0.2, -0.15) is 0 Å². The first-order valence-corrected chi connectivity index (χ1v) is 7.84. The van der Waals surface area contributed by atoms with Crippen LogP contribution >= 0.6 is 0 Å². The van der Waals surface area contributed by atoms with Crippen molar-refractivity contribution in [2.45, 2.75) is 33.0 Å². The molecule has 3 rings (SSSR count). The molecule has 1 heterocycles. The van der Waals surface area contributed by atoms with E-state index in [4.69, 9.17) is 10.5 Å². The van der Waals surface area contributed by atoms with Gasteiger partial charge in [0.15, 0.2) is 11.5 Å². The van der Waals surface area contributed by atoms with Gasteiger partial charge in [0, 0.05) is 23.5 Å². The molecular weight excluding hydrogens is 288 g/mol. The van der Waals surface area contributed by atoms with E-state index in [2.05, 4.69) is 36.6 Å². The molecule has 0 bridgehead atoms. The van der Waals surface area contributed by atoms with E-state index in [9.17, 15) is 5.11 Å². The fourth-order valence-corrected chi connectivity index (χ4v) is 3.00. The average molecular weight is 310 g/mol. The highest BCUT2D eigenvalue weighted by molar-refractivity contribution is 5.85. The first kappa shape index (κ1) is 15.4. The monoisotopic (exact) mass is 310 g/mol. The van der Waals surface area contributed by atoms with Crippen LogP contribution in [0.4, 0.5) is 0 Å². The number of benzene rings is 2. The van der Waals surface area contributed by atoms with Gasteiger partial charge >= 0.3 is 0 Å². The molecule has 0 radical (unpaired) electrons. The molecule has 0 aliphatic carbocycles. The summed E-state index contributed by atoms with van der Waals surface area (Å²) in [6.07, 6.45) is 0. The number of hydrogen-bond acceptors (Lipinski definition) is 3. The lowest BCUT2D eigenvalue weighted by Crippen LogP contribution is -2.08. The summed E-state index contributed by atoms with van der Waals surface area (Å²) in [6, 6.07) is 15.7. The highest BCUT2D eigenvalue weighted by Gasteiger charge is 2.14. The summed E-state index contributed by atoms with van der Waals surface area (Å²) in [7, 11) is 0. The lowest BCUT2D eigenvalue weighted by atomic mass is 10.1. The molecule has 0 unspecified atom stereocenters. The van der Waals surface area contributed by atoms with Crippen molar-refractivity contribution in [2.24, 2.45) is 5.73 Å². The summed E-state index contributed by atoms with van der Waals surface area (Å²) < 4.78 is 8.07. The molecule has 0 aliphatic heterocycles. The highest BCUT2D eigenvalue weighted by Crippen LogP contribution is 2.29. The van der Waals surface area contributed by atoms with Crippen LogP contribution in [0, 0.1) is 0 Å². The van der Waals surface area contributed by atoms with Gasteiger partial charge in [0.25, 0.3) is 0 Å². The van der Waals surface area contributed by atoms with Crippen LogP contribution in [0.1, 0.15) is 31.1 Å². The van der Waals surface area contributed by atoms with Gasteiger partial charge in [-0.1, -0.05) is 24.3 Å². The fraction of sp³-hybridized carbons (Fsp3) is 0.263. The number of rotatable bonds is 5. The maximum Gasteiger partial charge on any atom is 0.161 e.